The van der Waals surface area contributed by atoms with Gasteiger partial charge in [-0.2, -0.15) is 0 Å². The first-order valence-electron chi connectivity index (χ1n) is 7.00. The van der Waals surface area contributed by atoms with Crippen LogP contribution in [0.1, 0.15) is 16.7 Å². The van der Waals surface area contributed by atoms with E-state index in [9.17, 15) is 8.42 Å². The molecule has 0 fully saturated rings. The van der Waals surface area contributed by atoms with E-state index >= 15 is 0 Å². The molecule has 112 valence electrons. The predicted octanol–water partition coefficient (Wildman–Crippen LogP) is 4.14. The number of rotatable bonds is 3. The smallest absolute Gasteiger partial charge is 0.240 e. The Morgan fingerprint density at radius 3 is 2.36 bits per heavy atom. The van der Waals surface area contributed by atoms with Gasteiger partial charge in [0.15, 0.2) is 0 Å². The van der Waals surface area contributed by atoms with Gasteiger partial charge in [0, 0.05) is 17.1 Å². The summed E-state index contributed by atoms with van der Waals surface area (Å²) >= 11 is 0. The van der Waals surface area contributed by atoms with Gasteiger partial charge in [0.1, 0.15) is 0 Å². The van der Waals surface area contributed by atoms with Crippen LogP contribution in [0.3, 0.4) is 0 Å². The van der Waals surface area contributed by atoms with Crippen molar-refractivity contribution in [3.63, 3.8) is 0 Å². The molecule has 3 rings (SSSR count). The number of hydrogen-bond donors (Lipinski definition) is 0. The molecule has 3 aromatic rings. The molecule has 0 saturated carbocycles. The van der Waals surface area contributed by atoms with E-state index in [0.29, 0.717) is 5.52 Å². The summed E-state index contributed by atoms with van der Waals surface area (Å²) in [5, 5.41) is 0.894. The van der Waals surface area contributed by atoms with E-state index < -0.39 is 10.0 Å². The zero-order valence-electron chi connectivity index (χ0n) is 12.6. The Labute approximate surface area is 130 Å². The number of fused-ring (bicyclic) bond motifs is 1. The highest BCUT2D eigenvalue weighted by Crippen LogP contribution is 2.29. The van der Waals surface area contributed by atoms with Crippen LogP contribution in [0.15, 0.2) is 60.1 Å². The SMILES string of the molecule is C=Cc1cn(S(=O)(=O)c2ccc(C)cc2)c2c(C)cccc12. The Balaban J connectivity index is 2.34. The van der Waals surface area contributed by atoms with Crippen LogP contribution in [0.5, 0.6) is 0 Å². The maximum absolute atomic E-state index is 13.0. The molecule has 0 N–H and O–H groups in total. The fraction of sp³-hybridized carbons (Fsp3) is 0.111. The third-order valence-corrected chi connectivity index (χ3v) is 5.50. The molecule has 0 aliphatic rings. The van der Waals surface area contributed by atoms with E-state index in [1.54, 1.807) is 36.5 Å². The molecule has 4 heteroatoms. The molecule has 0 amide bonds. The van der Waals surface area contributed by atoms with Crippen molar-refractivity contribution in [2.75, 3.05) is 0 Å². The number of aromatic nitrogens is 1. The first-order valence-corrected chi connectivity index (χ1v) is 8.44. The molecule has 0 aliphatic carbocycles. The molecule has 2 aromatic carbocycles. The fourth-order valence-electron chi connectivity index (χ4n) is 2.62. The van der Waals surface area contributed by atoms with Crippen LogP contribution >= 0.6 is 0 Å². The van der Waals surface area contributed by atoms with Gasteiger partial charge in [0.25, 0.3) is 10.0 Å². The van der Waals surface area contributed by atoms with Crippen molar-refractivity contribution in [1.82, 2.24) is 3.97 Å². The summed E-state index contributed by atoms with van der Waals surface area (Å²) in [7, 11) is -3.63. The second kappa shape index (κ2) is 5.14. The molecular weight excluding hydrogens is 294 g/mol. The van der Waals surface area contributed by atoms with E-state index in [1.165, 1.54) is 3.97 Å². The molecule has 22 heavy (non-hydrogen) atoms. The molecule has 0 bridgehead atoms. The number of hydrogen-bond acceptors (Lipinski definition) is 2. The van der Waals surface area contributed by atoms with Gasteiger partial charge < -0.3 is 0 Å². The maximum Gasteiger partial charge on any atom is 0.268 e. The monoisotopic (exact) mass is 311 g/mol. The van der Waals surface area contributed by atoms with Crippen LogP contribution in [0.2, 0.25) is 0 Å². The van der Waals surface area contributed by atoms with Crippen LogP contribution < -0.4 is 0 Å². The van der Waals surface area contributed by atoms with Gasteiger partial charge in [-0.25, -0.2) is 12.4 Å². The van der Waals surface area contributed by atoms with E-state index in [4.69, 9.17) is 0 Å². The van der Waals surface area contributed by atoms with Crippen molar-refractivity contribution in [1.29, 1.82) is 0 Å². The molecule has 0 spiro atoms. The van der Waals surface area contributed by atoms with Gasteiger partial charge in [-0.1, -0.05) is 48.6 Å². The van der Waals surface area contributed by atoms with Crippen molar-refractivity contribution in [2.45, 2.75) is 18.7 Å². The van der Waals surface area contributed by atoms with Crippen LogP contribution in [0.25, 0.3) is 17.0 Å². The van der Waals surface area contributed by atoms with E-state index in [2.05, 4.69) is 6.58 Å². The third kappa shape index (κ3) is 2.16. The Hall–Kier alpha value is -2.33. The van der Waals surface area contributed by atoms with Crippen LogP contribution in [-0.4, -0.2) is 12.4 Å². The van der Waals surface area contributed by atoms with Crippen molar-refractivity contribution < 1.29 is 8.42 Å². The molecule has 0 unspecified atom stereocenters. The number of benzene rings is 2. The molecular formula is C18H17NO2S. The van der Waals surface area contributed by atoms with Crippen molar-refractivity contribution in [3.05, 3.63) is 71.9 Å². The number of para-hydroxylation sites is 1. The van der Waals surface area contributed by atoms with Crippen LogP contribution in [-0.2, 0) is 10.0 Å². The minimum absolute atomic E-state index is 0.286. The van der Waals surface area contributed by atoms with Gasteiger partial charge in [0.2, 0.25) is 0 Å². The maximum atomic E-state index is 13.0. The highest BCUT2D eigenvalue weighted by molar-refractivity contribution is 7.90. The highest BCUT2D eigenvalue weighted by Gasteiger charge is 2.21. The van der Waals surface area contributed by atoms with Crippen molar-refractivity contribution >= 4 is 27.0 Å². The Morgan fingerprint density at radius 2 is 1.73 bits per heavy atom. The predicted molar refractivity (Wildman–Crippen MR) is 90.5 cm³/mol. The molecule has 0 aliphatic heterocycles. The second-order valence-corrected chi connectivity index (χ2v) is 7.19. The average Bonchev–Trinajstić information content (AvgIpc) is 2.88. The summed E-state index contributed by atoms with van der Waals surface area (Å²) < 4.78 is 27.3. The Kier molecular flexibility index (Phi) is 3.41. The van der Waals surface area contributed by atoms with Gasteiger partial charge >= 0.3 is 0 Å². The summed E-state index contributed by atoms with van der Waals surface area (Å²) in [5.41, 5.74) is 3.47. The number of aryl methyl sites for hydroxylation is 2. The summed E-state index contributed by atoms with van der Waals surface area (Å²) in [5.74, 6) is 0. The van der Waals surface area contributed by atoms with Gasteiger partial charge in [-0.05, 0) is 31.5 Å². The molecule has 1 heterocycles. The van der Waals surface area contributed by atoms with Gasteiger partial charge in [0.05, 0.1) is 10.4 Å². The molecule has 1 aromatic heterocycles. The quantitative estimate of drug-likeness (QED) is 0.729. The Morgan fingerprint density at radius 1 is 1.05 bits per heavy atom. The van der Waals surface area contributed by atoms with Gasteiger partial charge in [-0.15, -0.1) is 0 Å². The fourth-order valence-corrected chi connectivity index (χ4v) is 4.06. The number of nitrogens with zero attached hydrogens (tertiary/aromatic N) is 1. The zero-order chi connectivity index (χ0) is 15.9. The van der Waals surface area contributed by atoms with E-state index in [0.717, 1.165) is 22.1 Å². The summed E-state index contributed by atoms with van der Waals surface area (Å²) in [6.45, 7) is 7.63. The van der Waals surface area contributed by atoms with Crippen molar-refractivity contribution in [3.8, 4) is 0 Å². The topological polar surface area (TPSA) is 39.1 Å². The Bertz CT molecular complexity index is 964. The standard InChI is InChI=1S/C18H17NO2S/c1-4-15-12-19(18-14(3)6-5-7-17(15)18)22(20,21)16-10-8-13(2)9-11-16/h4-12H,1H2,2-3H3. The summed E-state index contributed by atoms with van der Waals surface area (Å²) in [4.78, 5) is 0.286. The molecule has 0 atom stereocenters. The first kappa shape index (κ1) is 14.6. The lowest BCUT2D eigenvalue weighted by Crippen LogP contribution is -2.12. The highest BCUT2D eigenvalue weighted by atomic mass is 32.2. The molecule has 0 radical (unpaired) electrons. The minimum Gasteiger partial charge on any atom is -0.240 e. The van der Waals surface area contributed by atoms with E-state index in [1.807, 2.05) is 32.0 Å². The van der Waals surface area contributed by atoms with Crippen LogP contribution in [0, 0.1) is 13.8 Å². The largest absolute Gasteiger partial charge is 0.268 e. The minimum atomic E-state index is -3.63. The molecule has 0 saturated heterocycles. The first-order chi connectivity index (χ1) is 10.4. The second-order valence-electron chi connectivity index (χ2n) is 5.37. The van der Waals surface area contributed by atoms with Crippen LogP contribution in [0.4, 0.5) is 0 Å². The lowest BCUT2D eigenvalue weighted by molar-refractivity contribution is 0.589. The zero-order valence-corrected chi connectivity index (χ0v) is 13.4. The van der Waals surface area contributed by atoms with Crippen molar-refractivity contribution in [2.24, 2.45) is 0 Å². The summed E-state index contributed by atoms with van der Waals surface area (Å²) in [6, 6.07) is 12.6. The molecule has 3 nitrogen and oxygen atoms in total. The lowest BCUT2D eigenvalue weighted by Gasteiger charge is -2.09. The third-order valence-electron chi connectivity index (χ3n) is 3.82. The average molecular weight is 311 g/mol. The van der Waals surface area contributed by atoms with Gasteiger partial charge in [-0.3, -0.25) is 0 Å². The summed E-state index contributed by atoms with van der Waals surface area (Å²) in [6.07, 6.45) is 3.32. The lowest BCUT2D eigenvalue weighted by atomic mass is 10.1. The normalized spacial score (nSPS) is 11.7. The van der Waals surface area contributed by atoms with E-state index in [-0.39, 0.29) is 4.90 Å².